The molecule has 1 aliphatic rings. The molecule has 1 saturated carbocycles. The highest BCUT2D eigenvalue weighted by Crippen LogP contribution is 2.31. The summed E-state index contributed by atoms with van der Waals surface area (Å²) in [5, 5.41) is 13.9. The molecule has 2 N–H and O–H groups in total. The van der Waals surface area contributed by atoms with Gasteiger partial charge in [-0.25, -0.2) is 4.98 Å². The zero-order valence-electron chi connectivity index (χ0n) is 16.8. The minimum absolute atomic E-state index is 0.581. The first kappa shape index (κ1) is 20.3. The van der Waals surface area contributed by atoms with Crippen molar-refractivity contribution in [1.29, 1.82) is 5.41 Å². The molecule has 0 aliphatic heterocycles. The topological polar surface area (TPSA) is 52.0 Å². The molecule has 1 aliphatic carbocycles. The van der Waals surface area contributed by atoms with Gasteiger partial charge in [-0.05, 0) is 30.9 Å². The Balaban J connectivity index is 1.76. The van der Waals surface area contributed by atoms with Crippen LogP contribution in [0.5, 0.6) is 0 Å². The first-order valence-corrected chi connectivity index (χ1v) is 10.9. The zero-order valence-corrected chi connectivity index (χ0v) is 17.6. The van der Waals surface area contributed by atoms with Crippen LogP contribution >= 0.6 is 11.3 Å². The second kappa shape index (κ2) is 9.69. The Bertz CT molecular complexity index is 816. The molecule has 0 amide bonds. The SMILES string of the molecule is C=C(c1csc(/C(C=N)=C/Nc2ccccc2)n1)N(CC(C)C)C1CCCC1. The molecule has 0 unspecified atom stereocenters. The normalized spacial score (nSPS) is 15.0. The molecular formula is C23H30N4S. The molecule has 3 rings (SSSR count). The summed E-state index contributed by atoms with van der Waals surface area (Å²) in [6, 6.07) is 10.5. The van der Waals surface area contributed by atoms with Crippen LogP contribution in [0, 0.1) is 11.3 Å². The maximum Gasteiger partial charge on any atom is 0.127 e. The number of para-hydroxylation sites is 1. The van der Waals surface area contributed by atoms with E-state index in [0.717, 1.165) is 34.2 Å². The number of allylic oxidation sites excluding steroid dienone is 1. The van der Waals surface area contributed by atoms with Crippen molar-refractivity contribution in [2.24, 2.45) is 5.92 Å². The quantitative estimate of drug-likeness (QED) is 0.504. The Kier molecular flexibility index (Phi) is 7.04. The van der Waals surface area contributed by atoms with Gasteiger partial charge < -0.3 is 15.6 Å². The van der Waals surface area contributed by atoms with Crippen LogP contribution in [0.15, 0.2) is 48.5 Å². The maximum absolute atomic E-state index is 7.79. The maximum atomic E-state index is 7.79. The van der Waals surface area contributed by atoms with Gasteiger partial charge in [0.1, 0.15) is 5.01 Å². The summed E-state index contributed by atoms with van der Waals surface area (Å²) < 4.78 is 0. The van der Waals surface area contributed by atoms with E-state index in [9.17, 15) is 0 Å². The van der Waals surface area contributed by atoms with E-state index in [1.165, 1.54) is 31.9 Å². The number of benzene rings is 1. The van der Waals surface area contributed by atoms with Crippen LogP contribution in [0.1, 0.15) is 50.2 Å². The summed E-state index contributed by atoms with van der Waals surface area (Å²) in [6.07, 6.45) is 8.30. The van der Waals surface area contributed by atoms with Gasteiger partial charge in [0, 0.05) is 41.6 Å². The van der Waals surface area contributed by atoms with Gasteiger partial charge in [0.15, 0.2) is 0 Å². The molecule has 28 heavy (non-hydrogen) atoms. The third-order valence-corrected chi connectivity index (χ3v) is 5.94. The molecule has 0 bridgehead atoms. The van der Waals surface area contributed by atoms with Crippen molar-refractivity contribution in [1.82, 2.24) is 9.88 Å². The van der Waals surface area contributed by atoms with Crippen molar-refractivity contribution >= 4 is 34.5 Å². The Hall–Kier alpha value is -2.40. The third kappa shape index (κ3) is 5.10. The summed E-state index contributed by atoms with van der Waals surface area (Å²) in [4.78, 5) is 7.28. The van der Waals surface area contributed by atoms with Crippen molar-refractivity contribution < 1.29 is 0 Å². The number of hydrogen-bond donors (Lipinski definition) is 2. The summed E-state index contributed by atoms with van der Waals surface area (Å²) in [6.45, 7) is 9.92. The number of nitrogens with one attached hydrogen (secondary N) is 2. The first-order chi connectivity index (χ1) is 13.6. The number of anilines is 1. The Morgan fingerprint density at radius 1 is 1.32 bits per heavy atom. The van der Waals surface area contributed by atoms with Gasteiger partial charge in [-0.1, -0.05) is 51.5 Å². The van der Waals surface area contributed by atoms with E-state index in [-0.39, 0.29) is 0 Å². The molecule has 0 atom stereocenters. The molecule has 5 heteroatoms. The highest BCUT2D eigenvalue weighted by Gasteiger charge is 2.25. The van der Waals surface area contributed by atoms with Crippen molar-refractivity contribution in [3.05, 3.63) is 59.2 Å². The van der Waals surface area contributed by atoms with Crippen molar-refractivity contribution in [3.63, 3.8) is 0 Å². The van der Waals surface area contributed by atoms with Gasteiger partial charge in [-0.15, -0.1) is 11.3 Å². The lowest BCUT2D eigenvalue weighted by Crippen LogP contribution is -2.34. The van der Waals surface area contributed by atoms with E-state index in [1.54, 1.807) is 11.3 Å². The number of aromatic nitrogens is 1. The van der Waals surface area contributed by atoms with Crippen LogP contribution in [0.25, 0.3) is 11.3 Å². The second-order valence-electron chi connectivity index (χ2n) is 7.72. The van der Waals surface area contributed by atoms with E-state index in [4.69, 9.17) is 10.4 Å². The largest absolute Gasteiger partial charge is 0.367 e. The molecule has 1 aromatic carbocycles. The predicted molar refractivity (Wildman–Crippen MR) is 122 cm³/mol. The average Bonchev–Trinajstić information content (AvgIpc) is 3.39. The Labute approximate surface area is 172 Å². The van der Waals surface area contributed by atoms with Gasteiger partial charge >= 0.3 is 0 Å². The molecule has 1 heterocycles. The summed E-state index contributed by atoms with van der Waals surface area (Å²) in [5.74, 6) is 0.586. The Morgan fingerprint density at radius 3 is 2.68 bits per heavy atom. The molecule has 148 valence electrons. The fourth-order valence-corrected chi connectivity index (χ4v) is 4.45. The van der Waals surface area contributed by atoms with Crippen molar-refractivity contribution in [3.8, 4) is 0 Å². The van der Waals surface area contributed by atoms with Crippen LogP contribution in [0.3, 0.4) is 0 Å². The van der Waals surface area contributed by atoms with Crippen LogP contribution in [0.4, 0.5) is 5.69 Å². The van der Waals surface area contributed by atoms with Crippen LogP contribution in [0.2, 0.25) is 0 Å². The number of thiazole rings is 1. The first-order valence-electron chi connectivity index (χ1n) is 10.0. The molecule has 1 aromatic heterocycles. The van der Waals surface area contributed by atoms with Crippen LogP contribution < -0.4 is 5.32 Å². The third-order valence-electron chi connectivity index (χ3n) is 5.04. The number of rotatable bonds is 9. The minimum atomic E-state index is 0.581. The highest BCUT2D eigenvalue weighted by atomic mass is 32.1. The van der Waals surface area contributed by atoms with Crippen LogP contribution in [-0.4, -0.2) is 28.7 Å². The van der Waals surface area contributed by atoms with Crippen molar-refractivity contribution in [2.75, 3.05) is 11.9 Å². The minimum Gasteiger partial charge on any atom is -0.367 e. The van der Waals surface area contributed by atoms with E-state index >= 15 is 0 Å². The fourth-order valence-electron chi connectivity index (χ4n) is 3.64. The van der Waals surface area contributed by atoms with Gasteiger partial charge in [0.2, 0.25) is 0 Å². The number of nitrogens with zero attached hydrogens (tertiary/aromatic N) is 2. The highest BCUT2D eigenvalue weighted by molar-refractivity contribution is 7.11. The molecule has 0 spiro atoms. The van der Waals surface area contributed by atoms with Crippen molar-refractivity contribution in [2.45, 2.75) is 45.6 Å². The van der Waals surface area contributed by atoms with E-state index in [0.29, 0.717) is 12.0 Å². The molecule has 4 nitrogen and oxygen atoms in total. The second-order valence-corrected chi connectivity index (χ2v) is 8.58. The molecular weight excluding hydrogens is 364 g/mol. The van der Waals surface area contributed by atoms with E-state index in [1.807, 2.05) is 36.5 Å². The van der Waals surface area contributed by atoms with Gasteiger partial charge in [-0.3, -0.25) is 0 Å². The monoisotopic (exact) mass is 394 g/mol. The predicted octanol–water partition coefficient (Wildman–Crippen LogP) is 6.12. The zero-order chi connectivity index (χ0) is 19.9. The van der Waals surface area contributed by atoms with Gasteiger partial charge in [0.05, 0.1) is 11.4 Å². The summed E-state index contributed by atoms with van der Waals surface area (Å²) in [7, 11) is 0. The molecule has 0 radical (unpaired) electrons. The van der Waals surface area contributed by atoms with E-state index < -0.39 is 0 Å². The lowest BCUT2D eigenvalue weighted by atomic mass is 10.1. The summed E-state index contributed by atoms with van der Waals surface area (Å²) >= 11 is 1.57. The lowest BCUT2D eigenvalue weighted by Gasteiger charge is -2.33. The number of hydrogen-bond acceptors (Lipinski definition) is 5. The van der Waals surface area contributed by atoms with Crippen LogP contribution in [-0.2, 0) is 0 Å². The standard InChI is InChI=1S/C23H30N4S/c1-17(2)15-27(21-11-7-8-12-21)18(3)22-16-28-23(26-22)19(13-24)14-25-20-9-5-4-6-10-20/h4-6,9-10,13-14,16-17,21,24-25H,3,7-8,11-12,15H2,1-2H3/b19-14+,24-13?. The average molecular weight is 395 g/mol. The lowest BCUT2D eigenvalue weighted by molar-refractivity contribution is 0.267. The molecule has 0 saturated heterocycles. The Morgan fingerprint density at radius 2 is 2.04 bits per heavy atom. The van der Waals surface area contributed by atoms with E-state index in [2.05, 4.69) is 36.0 Å². The smallest absolute Gasteiger partial charge is 0.127 e. The van der Waals surface area contributed by atoms with Gasteiger partial charge in [-0.2, -0.15) is 0 Å². The summed E-state index contributed by atoms with van der Waals surface area (Å²) in [5.41, 5.74) is 3.71. The fraction of sp³-hybridized carbons (Fsp3) is 0.391. The molecule has 1 fully saturated rings. The van der Waals surface area contributed by atoms with Gasteiger partial charge in [0.25, 0.3) is 0 Å². The molecule has 2 aromatic rings.